The summed E-state index contributed by atoms with van der Waals surface area (Å²) in [4.78, 5) is 4.04. The average Bonchev–Trinajstić information content (AvgIpc) is 3.33. The van der Waals surface area contributed by atoms with Crippen molar-refractivity contribution in [3.8, 4) is 0 Å². The zero-order valence-corrected chi connectivity index (χ0v) is 17.5. The summed E-state index contributed by atoms with van der Waals surface area (Å²) in [7, 11) is -1.94. The van der Waals surface area contributed by atoms with E-state index in [1.165, 1.54) is 22.9 Å². The van der Waals surface area contributed by atoms with E-state index in [4.69, 9.17) is 4.74 Å². The highest BCUT2D eigenvalue weighted by atomic mass is 32.2. The second-order valence-electron chi connectivity index (χ2n) is 7.98. The molecule has 3 heterocycles. The Balaban J connectivity index is 1.59. The minimum atomic E-state index is -3.68. The normalized spacial score (nSPS) is 26.0. The minimum Gasteiger partial charge on any atom is -0.381 e. The average molecular weight is 423 g/mol. The van der Waals surface area contributed by atoms with Crippen molar-refractivity contribution in [3.05, 3.63) is 42.1 Å². The third-order valence-corrected chi connectivity index (χ3v) is 7.54. The maximum atomic E-state index is 13.6. The molecule has 7 nitrogen and oxygen atoms in total. The van der Waals surface area contributed by atoms with Crippen LogP contribution in [-0.4, -0.2) is 54.1 Å². The van der Waals surface area contributed by atoms with Crippen molar-refractivity contribution in [3.63, 3.8) is 0 Å². The molecule has 1 N–H and O–H groups in total. The molecule has 0 amide bonds. The molecule has 29 heavy (non-hydrogen) atoms. The molecule has 0 radical (unpaired) electrons. The fourth-order valence-electron chi connectivity index (χ4n) is 4.22. The number of aryl methyl sites for hydroxylation is 2. The van der Waals surface area contributed by atoms with Gasteiger partial charge in [0.25, 0.3) is 10.0 Å². The standard InChI is InChI=1S/C20H27FN4O3S/c1-14-9-15(6-7-17(14)21)23-18-11-25(10-16(18)19-5-3-4-8-28-19)29(26,27)20-12-24(2)13-22-20/h6-7,9,12-13,16,18-19,23H,3-5,8,10-11H2,1-2H3/t16-,18-,19?/m0/s1. The summed E-state index contributed by atoms with van der Waals surface area (Å²) in [6.07, 6.45) is 6.05. The molecule has 1 unspecified atom stereocenters. The highest BCUT2D eigenvalue weighted by Gasteiger charge is 2.44. The molecule has 9 heteroatoms. The van der Waals surface area contributed by atoms with Crippen molar-refractivity contribution in [2.45, 2.75) is 43.4 Å². The quantitative estimate of drug-likeness (QED) is 0.801. The van der Waals surface area contributed by atoms with Gasteiger partial charge in [0, 0.05) is 50.6 Å². The smallest absolute Gasteiger partial charge is 0.262 e. The third kappa shape index (κ3) is 4.17. The Bertz CT molecular complexity index is 972. The van der Waals surface area contributed by atoms with Gasteiger partial charge < -0.3 is 14.6 Å². The number of nitrogens with zero attached hydrogens (tertiary/aromatic N) is 3. The number of ether oxygens (including phenoxy) is 1. The lowest BCUT2D eigenvalue weighted by Crippen LogP contribution is -2.39. The van der Waals surface area contributed by atoms with Gasteiger partial charge in [0.2, 0.25) is 0 Å². The van der Waals surface area contributed by atoms with Crippen molar-refractivity contribution in [2.24, 2.45) is 13.0 Å². The van der Waals surface area contributed by atoms with Crippen molar-refractivity contribution < 1.29 is 17.5 Å². The van der Waals surface area contributed by atoms with Crippen LogP contribution in [0.4, 0.5) is 10.1 Å². The highest BCUT2D eigenvalue weighted by molar-refractivity contribution is 7.89. The van der Waals surface area contributed by atoms with E-state index in [1.54, 1.807) is 30.7 Å². The molecule has 0 saturated carbocycles. The number of hydrogen-bond acceptors (Lipinski definition) is 5. The maximum Gasteiger partial charge on any atom is 0.262 e. The van der Waals surface area contributed by atoms with E-state index in [2.05, 4.69) is 10.3 Å². The minimum absolute atomic E-state index is 0.00623. The molecule has 0 spiro atoms. The van der Waals surface area contributed by atoms with Gasteiger partial charge in [-0.2, -0.15) is 4.31 Å². The molecule has 2 aliphatic heterocycles. The molecule has 158 valence electrons. The Morgan fingerprint density at radius 2 is 2.10 bits per heavy atom. The molecule has 1 aromatic carbocycles. The van der Waals surface area contributed by atoms with Gasteiger partial charge in [0.1, 0.15) is 5.82 Å². The second kappa shape index (κ2) is 8.04. The van der Waals surface area contributed by atoms with E-state index in [-0.39, 0.29) is 28.9 Å². The van der Waals surface area contributed by atoms with E-state index in [0.717, 1.165) is 24.9 Å². The summed E-state index contributed by atoms with van der Waals surface area (Å²) < 4.78 is 49.0. The number of nitrogens with one attached hydrogen (secondary N) is 1. The number of hydrogen-bond donors (Lipinski definition) is 1. The van der Waals surface area contributed by atoms with Crippen LogP contribution in [0.1, 0.15) is 24.8 Å². The Morgan fingerprint density at radius 3 is 2.76 bits per heavy atom. The van der Waals surface area contributed by atoms with Crippen LogP contribution >= 0.6 is 0 Å². The Morgan fingerprint density at radius 1 is 1.28 bits per heavy atom. The number of sulfonamides is 1. The predicted molar refractivity (Wildman–Crippen MR) is 108 cm³/mol. The SMILES string of the molecule is Cc1cc(N[C@H]2CN(S(=O)(=O)c3cn(C)cn3)C[C@@H]2C2CCCCO2)ccc1F. The van der Waals surface area contributed by atoms with Crippen LogP contribution in [0.3, 0.4) is 0 Å². The molecular weight excluding hydrogens is 395 g/mol. The van der Waals surface area contributed by atoms with E-state index in [9.17, 15) is 12.8 Å². The van der Waals surface area contributed by atoms with Crippen LogP contribution in [0.25, 0.3) is 0 Å². The lowest BCUT2D eigenvalue weighted by Gasteiger charge is -2.31. The summed E-state index contributed by atoms with van der Waals surface area (Å²) in [6, 6.07) is 4.75. The van der Waals surface area contributed by atoms with Crippen LogP contribution in [0, 0.1) is 18.7 Å². The third-order valence-electron chi connectivity index (χ3n) is 5.82. The molecule has 2 saturated heterocycles. The first-order valence-electron chi connectivity index (χ1n) is 9.97. The van der Waals surface area contributed by atoms with Gasteiger partial charge in [-0.25, -0.2) is 17.8 Å². The van der Waals surface area contributed by atoms with Crippen molar-refractivity contribution >= 4 is 15.7 Å². The van der Waals surface area contributed by atoms with Gasteiger partial charge in [0.15, 0.2) is 5.03 Å². The summed E-state index contributed by atoms with van der Waals surface area (Å²) in [5, 5.41) is 3.49. The molecule has 2 aliphatic rings. The molecule has 2 fully saturated rings. The predicted octanol–water partition coefficient (Wildman–Crippen LogP) is 2.54. The molecule has 0 bridgehead atoms. The Kier molecular flexibility index (Phi) is 5.63. The summed E-state index contributed by atoms with van der Waals surface area (Å²) in [5.41, 5.74) is 1.34. The topological polar surface area (TPSA) is 76.5 Å². The van der Waals surface area contributed by atoms with Gasteiger partial charge in [-0.1, -0.05) is 0 Å². The van der Waals surface area contributed by atoms with E-state index in [1.807, 2.05) is 0 Å². The lowest BCUT2D eigenvalue weighted by atomic mass is 9.91. The van der Waals surface area contributed by atoms with Gasteiger partial charge in [-0.15, -0.1) is 0 Å². The number of benzene rings is 1. The van der Waals surface area contributed by atoms with Gasteiger partial charge in [-0.3, -0.25) is 0 Å². The molecule has 4 rings (SSSR count). The zero-order valence-electron chi connectivity index (χ0n) is 16.7. The van der Waals surface area contributed by atoms with Crippen molar-refractivity contribution in [2.75, 3.05) is 25.0 Å². The number of halogens is 1. The van der Waals surface area contributed by atoms with Crippen LogP contribution in [0.5, 0.6) is 0 Å². The highest BCUT2D eigenvalue weighted by Crippen LogP contribution is 2.33. The molecular formula is C20H27FN4O3S. The maximum absolute atomic E-state index is 13.6. The Hall–Kier alpha value is -1.97. The van der Waals surface area contributed by atoms with Gasteiger partial charge >= 0.3 is 0 Å². The summed E-state index contributed by atoms with van der Waals surface area (Å²) in [5.74, 6) is -0.243. The molecule has 3 atom stereocenters. The first-order valence-corrected chi connectivity index (χ1v) is 11.4. The van der Waals surface area contributed by atoms with Gasteiger partial charge in [-0.05, 0) is 49.9 Å². The second-order valence-corrected chi connectivity index (χ2v) is 9.87. The molecule has 1 aromatic heterocycles. The fourth-order valence-corrected chi connectivity index (χ4v) is 5.69. The van der Waals surface area contributed by atoms with Crippen LogP contribution in [0.2, 0.25) is 0 Å². The Labute approximate surface area is 170 Å². The number of aromatic nitrogens is 2. The van der Waals surface area contributed by atoms with Crippen LogP contribution < -0.4 is 5.32 Å². The van der Waals surface area contributed by atoms with E-state index in [0.29, 0.717) is 25.3 Å². The lowest BCUT2D eigenvalue weighted by molar-refractivity contribution is -0.0189. The van der Waals surface area contributed by atoms with Crippen LogP contribution in [-0.2, 0) is 21.8 Å². The van der Waals surface area contributed by atoms with Crippen LogP contribution in [0.15, 0.2) is 35.7 Å². The number of imidazole rings is 1. The number of anilines is 1. The molecule has 2 aromatic rings. The monoisotopic (exact) mass is 422 g/mol. The summed E-state index contributed by atoms with van der Waals surface area (Å²) >= 11 is 0. The first kappa shape index (κ1) is 20.3. The fraction of sp³-hybridized carbons (Fsp3) is 0.550. The number of rotatable bonds is 5. The van der Waals surface area contributed by atoms with E-state index < -0.39 is 10.0 Å². The van der Waals surface area contributed by atoms with Crippen molar-refractivity contribution in [1.82, 2.24) is 13.9 Å². The first-order chi connectivity index (χ1) is 13.8. The van der Waals surface area contributed by atoms with E-state index >= 15 is 0 Å². The van der Waals surface area contributed by atoms with Crippen molar-refractivity contribution in [1.29, 1.82) is 0 Å². The largest absolute Gasteiger partial charge is 0.381 e. The van der Waals surface area contributed by atoms with Gasteiger partial charge in [0.05, 0.1) is 12.4 Å². The zero-order chi connectivity index (χ0) is 20.6. The summed E-state index contributed by atoms with van der Waals surface area (Å²) in [6.45, 7) is 3.12. The molecule has 0 aliphatic carbocycles.